The molecule has 0 aliphatic carbocycles. The van der Waals surface area contributed by atoms with Gasteiger partial charge in [0.1, 0.15) is 22.0 Å². The lowest BCUT2D eigenvalue weighted by Gasteiger charge is -2.18. The zero-order chi connectivity index (χ0) is 17.7. The fraction of sp³-hybridized carbons (Fsp3) is 0.500. The minimum Gasteiger partial charge on any atom is -0.451 e. The molecule has 1 aliphatic rings. The Morgan fingerprint density at radius 2 is 2.04 bits per heavy atom. The van der Waals surface area contributed by atoms with Crippen molar-refractivity contribution < 1.29 is 9.53 Å². The molecule has 0 saturated carbocycles. The summed E-state index contributed by atoms with van der Waals surface area (Å²) < 4.78 is 5.46. The molecule has 2 aromatic rings. The Bertz CT molecular complexity index is 790. The summed E-state index contributed by atoms with van der Waals surface area (Å²) in [6, 6.07) is 1.80. The Morgan fingerprint density at radius 1 is 1.33 bits per heavy atom. The van der Waals surface area contributed by atoms with Crippen LogP contribution in [0.4, 0.5) is 5.82 Å². The fourth-order valence-electron chi connectivity index (χ4n) is 2.72. The molecule has 3 heterocycles. The number of anilines is 1. The van der Waals surface area contributed by atoms with E-state index < -0.39 is 5.60 Å². The Kier molecular flexibility index (Phi) is 3.91. The second-order valence-electron chi connectivity index (χ2n) is 7.67. The number of esters is 1. The van der Waals surface area contributed by atoms with E-state index in [1.165, 1.54) is 0 Å². The number of nitrogens with one attached hydrogen (secondary N) is 1. The first-order chi connectivity index (χ1) is 11.1. The third kappa shape index (κ3) is 2.90. The number of nitrogens with zero attached hydrogens (tertiary/aromatic N) is 2. The molecule has 2 aromatic heterocycles. The first kappa shape index (κ1) is 16.9. The topological polar surface area (TPSA) is 64.1 Å². The normalized spacial score (nSPS) is 17.3. The molecule has 6 heteroatoms. The number of aromatic nitrogens is 2. The Labute approximate surface area is 146 Å². The molecule has 0 radical (unpaired) electrons. The summed E-state index contributed by atoms with van der Waals surface area (Å²) in [4.78, 5) is 21.3. The van der Waals surface area contributed by atoms with Crippen LogP contribution in [0.25, 0.3) is 0 Å². The van der Waals surface area contributed by atoms with Gasteiger partial charge in [-0.25, -0.2) is 14.8 Å². The van der Waals surface area contributed by atoms with Gasteiger partial charge in [-0.3, -0.25) is 0 Å². The molecule has 1 aliphatic heterocycles. The Morgan fingerprint density at radius 3 is 2.67 bits per heavy atom. The predicted molar refractivity (Wildman–Crippen MR) is 95.5 cm³/mol. The maximum atomic E-state index is 12.2. The average molecular weight is 345 g/mol. The molecule has 1 atom stereocenters. The van der Waals surface area contributed by atoms with Crippen LogP contribution in [0.3, 0.4) is 0 Å². The average Bonchev–Trinajstić information content (AvgIpc) is 3.03. The van der Waals surface area contributed by atoms with Gasteiger partial charge in [0.25, 0.3) is 0 Å². The highest BCUT2D eigenvalue weighted by molar-refractivity contribution is 7.09. The van der Waals surface area contributed by atoms with Crippen LogP contribution in [0.1, 0.15) is 74.2 Å². The van der Waals surface area contributed by atoms with Crippen LogP contribution in [0.2, 0.25) is 0 Å². The lowest BCUT2D eigenvalue weighted by molar-refractivity contribution is 0.00958. The largest absolute Gasteiger partial charge is 0.451 e. The number of hydrogen-bond donors (Lipinski definition) is 1. The summed E-state index contributed by atoms with van der Waals surface area (Å²) in [6.07, 6.45) is 1.71. The maximum Gasteiger partial charge on any atom is 0.343 e. The first-order valence-corrected chi connectivity index (χ1v) is 8.93. The number of thiazole rings is 1. The van der Waals surface area contributed by atoms with Gasteiger partial charge in [-0.2, -0.15) is 0 Å². The van der Waals surface area contributed by atoms with Crippen molar-refractivity contribution in [1.82, 2.24) is 9.97 Å². The predicted octanol–water partition coefficient (Wildman–Crippen LogP) is 4.41. The van der Waals surface area contributed by atoms with Crippen molar-refractivity contribution in [2.75, 3.05) is 5.32 Å². The van der Waals surface area contributed by atoms with Gasteiger partial charge in [0, 0.05) is 22.6 Å². The third-order valence-electron chi connectivity index (χ3n) is 4.17. The molecule has 0 spiro atoms. The Balaban J connectivity index is 1.89. The minimum absolute atomic E-state index is 0.0224. The van der Waals surface area contributed by atoms with Crippen molar-refractivity contribution in [1.29, 1.82) is 0 Å². The van der Waals surface area contributed by atoms with E-state index in [2.05, 4.69) is 36.5 Å². The molecule has 5 nitrogen and oxygen atoms in total. The van der Waals surface area contributed by atoms with Crippen LogP contribution in [0.5, 0.6) is 0 Å². The van der Waals surface area contributed by atoms with Crippen LogP contribution >= 0.6 is 11.3 Å². The number of ether oxygens (including phenoxy) is 1. The summed E-state index contributed by atoms with van der Waals surface area (Å²) in [6.45, 7) is 12.2. The molecule has 0 bridgehead atoms. The van der Waals surface area contributed by atoms with Crippen LogP contribution < -0.4 is 5.32 Å². The molecule has 0 fully saturated rings. The van der Waals surface area contributed by atoms with E-state index in [0.29, 0.717) is 11.4 Å². The van der Waals surface area contributed by atoms with Gasteiger partial charge in [-0.15, -0.1) is 11.3 Å². The van der Waals surface area contributed by atoms with Gasteiger partial charge in [0.2, 0.25) is 0 Å². The van der Waals surface area contributed by atoms with Crippen LogP contribution in [0.15, 0.2) is 17.6 Å². The quantitative estimate of drug-likeness (QED) is 0.835. The van der Waals surface area contributed by atoms with Crippen molar-refractivity contribution in [3.63, 3.8) is 0 Å². The van der Waals surface area contributed by atoms with E-state index in [0.717, 1.165) is 16.3 Å². The van der Waals surface area contributed by atoms with E-state index in [1.807, 2.05) is 26.8 Å². The SMILES string of the molecule is C[C@@H](Nc1nccc2c1C(=O)OC2(C)C)c1nc(C(C)(C)C)cs1. The summed E-state index contributed by atoms with van der Waals surface area (Å²) in [5.74, 6) is 0.232. The van der Waals surface area contributed by atoms with E-state index in [-0.39, 0.29) is 17.4 Å². The number of rotatable bonds is 3. The second-order valence-corrected chi connectivity index (χ2v) is 8.56. The highest BCUT2D eigenvalue weighted by Crippen LogP contribution is 2.39. The molecule has 1 N–H and O–H groups in total. The summed E-state index contributed by atoms with van der Waals surface area (Å²) in [7, 11) is 0. The van der Waals surface area contributed by atoms with Gasteiger partial charge in [-0.05, 0) is 26.8 Å². The van der Waals surface area contributed by atoms with Crippen LogP contribution in [-0.2, 0) is 15.8 Å². The molecule has 3 rings (SSSR count). The molecule has 128 valence electrons. The van der Waals surface area contributed by atoms with Crippen molar-refractivity contribution >= 4 is 23.1 Å². The summed E-state index contributed by atoms with van der Waals surface area (Å²) >= 11 is 1.62. The summed E-state index contributed by atoms with van der Waals surface area (Å²) in [5, 5.41) is 6.40. The fourth-order valence-corrected chi connectivity index (χ4v) is 3.77. The van der Waals surface area contributed by atoms with Crippen molar-refractivity contribution in [2.24, 2.45) is 0 Å². The van der Waals surface area contributed by atoms with Gasteiger partial charge in [0.05, 0.1) is 11.7 Å². The molecule has 0 amide bonds. The first-order valence-electron chi connectivity index (χ1n) is 8.05. The lowest BCUT2D eigenvalue weighted by atomic mass is 9.93. The van der Waals surface area contributed by atoms with Crippen molar-refractivity contribution in [3.8, 4) is 0 Å². The number of carbonyl (C=O) groups excluding carboxylic acids is 1. The summed E-state index contributed by atoms with van der Waals surface area (Å²) in [5.41, 5.74) is 1.88. The van der Waals surface area contributed by atoms with Crippen LogP contribution in [-0.4, -0.2) is 15.9 Å². The molecule has 0 unspecified atom stereocenters. The molecule has 24 heavy (non-hydrogen) atoms. The zero-order valence-electron chi connectivity index (χ0n) is 14.9. The highest BCUT2D eigenvalue weighted by Gasteiger charge is 2.40. The number of fused-ring (bicyclic) bond motifs is 1. The lowest BCUT2D eigenvalue weighted by Crippen LogP contribution is -2.16. The Hall–Kier alpha value is -1.95. The standard InChI is InChI=1S/C18H23N3O2S/c1-10(15-21-12(9-24-15)17(2,3)4)20-14-13-11(7-8-19-14)18(5,6)23-16(13)22/h7-10H,1-6H3,(H,19,20)/t10-/m1/s1. The van der Waals surface area contributed by atoms with Gasteiger partial charge in [-0.1, -0.05) is 20.8 Å². The highest BCUT2D eigenvalue weighted by atomic mass is 32.1. The van der Waals surface area contributed by atoms with E-state index in [9.17, 15) is 4.79 Å². The van der Waals surface area contributed by atoms with Crippen LogP contribution in [0, 0.1) is 0 Å². The molecule has 0 saturated heterocycles. The third-order valence-corrected chi connectivity index (χ3v) is 5.19. The van der Waals surface area contributed by atoms with Crippen molar-refractivity contribution in [3.05, 3.63) is 39.5 Å². The second kappa shape index (κ2) is 5.55. The molecular formula is C18H23N3O2S. The van der Waals surface area contributed by atoms with Crippen molar-refractivity contribution in [2.45, 2.75) is 58.6 Å². The number of cyclic esters (lactones) is 1. The number of carbonyl (C=O) groups is 1. The maximum absolute atomic E-state index is 12.2. The van der Waals surface area contributed by atoms with E-state index >= 15 is 0 Å². The van der Waals surface area contributed by atoms with E-state index in [4.69, 9.17) is 9.72 Å². The molecule has 0 aromatic carbocycles. The number of hydrogen-bond acceptors (Lipinski definition) is 6. The van der Waals surface area contributed by atoms with Gasteiger partial charge >= 0.3 is 5.97 Å². The zero-order valence-corrected chi connectivity index (χ0v) is 15.7. The minimum atomic E-state index is -0.615. The monoisotopic (exact) mass is 345 g/mol. The smallest absolute Gasteiger partial charge is 0.343 e. The van der Waals surface area contributed by atoms with Gasteiger partial charge < -0.3 is 10.1 Å². The molecular weight excluding hydrogens is 322 g/mol. The van der Waals surface area contributed by atoms with Gasteiger partial charge in [0.15, 0.2) is 0 Å². The number of pyridine rings is 1. The van der Waals surface area contributed by atoms with E-state index in [1.54, 1.807) is 17.5 Å².